The largest absolute Gasteiger partial charge is 0.444 e. The van der Waals surface area contributed by atoms with Crippen LogP contribution in [0.4, 0.5) is 10.5 Å². The summed E-state index contributed by atoms with van der Waals surface area (Å²) in [6, 6.07) is 5.26. The van der Waals surface area contributed by atoms with Gasteiger partial charge in [-0.3, -0.25) is 29.5 Å². The standard InChI is InChI=1S/C21H23N3O8/c1-21(2,3)32-20(28)22-11-17(25)23(18(26)12-22)10-4-5-13-14-6-9-19(27)31-16(14)8-7-15(13)24(29)30/h6-9H,4-5,10-12H2,1-3H3. The molecule has 3 rings (SSSR count). The number of carbonyl (C=O) groups is 3. The Morgan fingerprint density at radius 3 is 2.38 bits per heavy atom. The van der Waals surface area contributed by atoms with Crippen molar-refractivity contribution in [3.8, 4) is 0 Å². The van der Waals surface area contributed by atoms with Gasteiger partial charge in [-0.15, -0.1) is 0 Å². The highest BCUT2D eigenvalue weighted by Gasteiger charge is 2.35. The third-order valence-electron chi connectivity index (χ3n) is 4.80. The van der Waals surface area contributed by atoms with E-state index in [9.17, 15) is 29.3 Å². The van der Waals surface area contributed by atoms with Crippen LogP contribution in [0.2, 0.25) is 0 Å². The number of hydrogen-bond acceptors (Lipinski definition) is 8. The second-order valence-corrected chi connectivity index (χ2v) is 8.37. The van der Waals surface area contributed by atoms with Crippen LogP contribution in [-0.4, -0.2) is 57.9 Å². The molecule has 1 fully saturated rings. The summed E-state index contributed by atoms with van der Waals surface area (Å²) in [5.41, 5.74) is -0.901. The van der Waals surface area contributed by atoms with Gasteiger partial charge in [0.2, 0.25) is 11.8 Å². The van der Waals surface area contributed by atoms with Gasteiger partial charge in [-0.25, -0.2) is 9.59 Å². The predicted octanol–water partition coefficient (Wildman–Crippen LogP) is 2.24. The Morgan fingerprint density at radius 1 is 1.12 bits per heavy atom. The number of imide groups is 1. The van der Waals surface area contributed by atoms with Gasteiger partial charge in [0.05, 0.1) is 4.92 Å². The fraction of sp³-hybridized carbons (Fsp3) is 0.429. The molecule has 1 aliphatic rings. The maximum Gasteiger partial charge on any atom is 0.411 e. The van der Waals surface area contributed by atoms with Gasteiger partial charge in [0, 0.05) is 29.6 Å². The SMILES string of the molecule is CC(C)(C)OC(=O)N1CC(=O)N(CCCc2c([N+](=O)[O-])ccc3oc(=O)ccc23)C(=O)C1. The van der Waals surface area contributed by atoms with Crippen molar-refractivity contribution in [2.75, 3.05) is 19.6 Å². The van der Waals surface area contributed by atoms with Gasteiger partial charge in [-0.05, 0) is 45.7 Å². The smallest absolute Gasteiger partial charge is 0.411 e. The number of ether oxygens (including phenoxy) is 1. The van der Waals surface area contributed by atoms with Crippen LogP contribution in [0.1, 0.15) is 32.8 Å². The van der Waals surface area contributed by atoms with E-state index in [1.807, 2.05) is 0 Å². The number of fused-ring (bicyclic) bond motifs is 1. The Bertz CT molecular complexity index is 1130. The number of carbonyl (C=O) groups excluding carboxylic acids is 3. The molecule has 1 saturated heterocycles. The first-order chi connectivity index (χ1) is 15.0. The number of amides is 3. The molecule has 0 atom stereocenters. The summed E-state index contributed by atoms with van der Waals surface area (Å²) in [4.78, 5) is 61.5. The van der Waals surface area contributed by atoms with Crippen LogP contribution in [0.25, 0.3) is 11.0 Å². The number of rotatable bonds is 5. The maximum absolute atomic E-state index is 12.5. The fourth-order valence-corrected chi connectivity index (χ4v) is 3.44. The molecule has 11 heteroatoms. The van der Waals surface area contributed by atoms with E-state index in [1.165, 1.54) is 24.3 Å². The second-order valence-electron chi connectivity index (χ2n) is 8.37. The highest BCUT2D eigenvalue weighted by Crippen LogP contribution is 2.28. The first-order valence-corrected chi connectivity index (χ1v) is 9.97. The molecule has 0 unspecified atom stereocenters. The Labute approximate surface area is 182 Å². The van der Waals surface area contributed by atoms with E-state index in [-0.39, 0.29) is 43.7 Å². The number of hydrogen-bond donors (Lipinski definition) is 0. The number of nitrogens with zero attached hydrogens (tertiary/aromatic N) is 3. The lowest BCUT2D eigenvalue weighted by Gasteiger charge is -2.33. The van der Waals surface area contributed by atoms with Crippen LogP contribution in [0, 0.1) is 10.1 Å². The monoisotopic (exact) mass is 445 g/mol. The summed E-state index contributed by atoms with van der Waals surface area (Å²) in [6.07, 6.45) is -0.316. The third-order valence-corrected chi connectivity index (χ3v) is 4.80. The summed E-state index contributed by atoms with van der Waals surface area (Å²) in [6.45, 7) is 4.50. The van der Waals surface area contributed by atoms with E-state index in [1.54, 1.807) is 20.8 Å². The zero-order valence-electron chi connectivity index (χ0n) is 18.0. The first kappa shape index (κ1) is 22.9. The van der Waals surface area contributed by atoms with Crippen LogP contribution >= 0.6 is 0 Å². The zero-order valence-corrected chi connectivity index (χ0v) is 18.0. The van der Waals surface area contributed by atoms with Crippen molar-refractivity contribution in [3.63, 3.8) is 0 Å². The average molecular weight is 445 g/mol. The van der Waals surface area contributed by atoms with Crippen LogP contribution in [0.3, 0.4) is 0 Å². The van der Waals surface area contributed by atoms with E-state index in [0.29, 0.717) is 10.9 Å². The van der Waals surface area contributed by atoms with Gasteiger partial charge in [0.15, 0.2) is 0 Å². The molecule has 0 bridgehead atoms. The molecule has 170 valence electrons. The first-order valence-electron chi connectivity index (χ1n) is 9.97. The van der Waals surface area contributed by atoms with E-state index in [4.69, 9.17) is 9.15 Å². The second kappa shape index (κ2) is 8.77. The summed E-state index contributed by atoms with van der Waals surface area (Å²) in [5, 5.41) is 11.9. The summed E-state index contributed by atoms with van der Waals surface area (Å²) >= 11 is 0. The number of piperazine rings is 1. The highest BCUT2D eigenvalue weighted by atomic mass is 16.6. The van der Waals surface area contributed by atoms with E-state index in [2.05, 4.69) is 0 Å². The Kier molecular flexibility index (Phi) is 6.28. The number of nitro benzene ring substituents is 1. The molecule has 1 aromatic carbocycles. The molecule has 2 aromatic rings. The molecule has 1 aliphatic heterocycles. The van der Waals surface area contributed by atoms with E-state index >= 15 is 0 Å². The van der Waals surface area contributed by atoms with Crippen molar-refractivity contribution in [1.82, 2.24) is 9.80 Å². The molecule has 2 heterocycles. The van der Waals surface area contributed by atoms with E-state index < -0.39 is 34.1 Å². The Hall–Kier alpha value is -3.76. The molecule has 0 aliphatic carbocycles. The minimum absolute atomic E-state index is 0.0319. The van der Waals surface area contributed by atoms with Gasteiger partial charge in [-0.1, -0.05) is 0 Å². The summed E-state index contributed by atoms with van der Waals surface area (Å²) in [7, 11) is 0. The van der Waals surface area contributed by atoms with Crippen LogP contribution in [-0.2, 0) is 20.7 Å². The minimum atomic E-state index is -0.757. The van der Waals surface area contributed by atoms with Crippen molar-refractivity contribution in [1.29, 1.82) is 0 Å². The molecule has 3 amide bonds. The van der Waals surface area contributed by atoms with Crippen LogP contribution in [0.5, 0.6) is 0 Å². The van der Waals surface area contributed by atoms with E-state index in [0.717, 1.165) is 9.80 Å². The van der Waals surface area contributed by atoms with Crippen LogP contribution < -0.4 is 5.63 Å². The number of nitro groups is 1. The van der Waals surface area contributed by atoms with Crippen molar-refractivity contribution in [2.24, 2.45) is 0 Å². The summed E-state index contributed by atoms with van der Waals surface area (Å²) < 4.78 is 10.3. The predicted molar refractivity (Wildman–Crippen MR) is 112 cm³/mol. The normalized spacial score (nSPS) is 14.7. The molecule has 0 radical (unpaired) electrons. The fourth-order valence-electron chi connectivity index (χ4n) is 3.44. The average Bonchev–Trinajstić information content (AvgIpc) is 2.67. The zero-order chi connectivity index (χ0) is 23.6. The third kappa shape index (κ3) is 5.10. The quantitative estimate of drug-likeness (QED) is 0.295. The van der Waals surface area contributed by atoms with Gasteiger partial charge in [0.1, 0.15) is 24.3 Å². The van der Waals surface area contributed by atoms with Crippen molar-refractivity contribution < 1.29 is 28.5 Å². The molecular weight excluding hydrogens is 422 g/mol. The Morgan fingerprint density at radius 2 is 1.78 bits per heavy atom. The van der Waals surface area contributed by atoms with Crippen LogP contribution in [0.15, 0.2) is 33.5 Å². The minimum Gasteiger partial charge on any atom is -0.444 e. The lowest BCUT2D eigenvalue weighted by Crippen LogP contribution is -2.56. The summed E-state index contributed by atoms with van der Waals surface area (Å²) in [5.74, 6) is -1.10. The molecule has 0 N–H and O–H groups in total. The van der Waals surface area contributed by atoms with Crippen molar-refractivity contribution in [3.05, 3.63) is 50.4 Å². The molecule has 11 nitrogen and oxygen atoms in total. The lowest BCUT2D eigenvalue weighted by atomic mass is 10.0. The molecule has 0 spiro atoms. The Balaban J connectivity index is 1.70. The van der Waals surface area contributed by atoms with Gasteiger partial charge >= 0.3 is 11.7 Å². The number of aryl methyl sites for hydroxylation is 1. The number of benzene rings is 1. The maximum atomic E-state index is 12.5. The highest BCUT2D eigenvalue weighted by molar-refractivity contribution is 6.01. The molecule has 1 aromatic heterocycles. The topological polar surface area (TPSA) is 140 Å². The van der Waals surface area contributed by atoms with Gasteiger partial charge < -0.3 is 9.15 Å². The van der Waals surface area contributed by atoms with Gasteiger partial charge in [0.25, 0.3) is 5.69 Å². The lowest BCUT2D eigenvalue weighted by molar-refractivity contribution is -0.385. The molecular formula is C21H23N3O8. The molecule has 32 heavy (non-hydrogen) atoms. The van der Waals surface area contributed by atoms with Crippen molar-refractivity contribution >= 4 is 34.6 Å². The van der Waals surface area contributed by atoms with Gasteiger partial charge in [-0.2, -0.15) is 0 Å². The molecule has 0 saturated carbocycles. The van der Waals surface area contributed by atoms with Crippen molar-refractivity contribution in [2.45, 2.75) is 39.2 Å².